The Bertz CT molecular complexity index is 1050. The van der Waals surface area contributed by atoms with Gasteiger partial charge in [-0.25, -0.2) is 13.6 Å². The van der Waals surface area contributed by atoms with Crippen molar-refractivity contribution in [2.45, 2.75) is 32.1 Å². The average Bonchev–Trinajstić information content (AvgIpc) is 2.64. The minimum absolute atomic E-state index is 0.0414. The smallest absolute Gasteiger partial charge is 0.408 e. The van der Waals surface area contributed by atoms with Crippen LogP contribution >= 0.6 is 0 Å². The van der Waals surface area contributed by atoms with E-state index in [0.29, 0.717) is 23.1 Å². The standard InChI is InChI=1S/C21H21F2N3O3Si/c1-30(2,3)19-16(22)9-14(10-17(19)23)25-20(27)18-15-5-4-12(11-24)8-13(15)6-7-26(18)21(28)29/h4-5,8-10,18H,6-7H2,1-3H3,(H,25,27)(H,28,29)/t18-/m0/s1. The van der Waals surface area contributed by atoms with Crippen LogP contribution in [0, 0.1) is 23.0 Å². The molecular formula is C21H21F2N3O3Si. The highest BCUT2D eigenvalue weighted by molar-refractivity contribution is 6.88. The number of carbonyl (C=O) groups is 2. The van der Waals surface area contributed by atoms with E-state index in [1.807, 2.05) is 25.7 Å². The van der Waals surface area contributed by atoms with E-state index in [1.165, 1.54) is 6.07 Å². The molecule has 0 radical (unpaired) electrons. The summed E-state index contributed by atoms with van der Waals surface area (Å²) in [7, 11) is -2.27. The predicted octanol–water partition coefficient (Wildman–Crippen LogP) is 3.60. The number of carbonyl (C=O) groups excluding carboxylic acids is 1. The van der Waals surface area contributed by atoms with Crippen LogP contribution in [0.4, 0.5) is 19.3 Å². The summed E-state index contributed by atoms with van der Waals surface area (Å²) in [5, 5.41) is 21.1. The molecule has 0 aliphatic carbocycles. The predicted molar refractivity (Wildman–Crippen MR) is 110 cm³/mol. The van der Waals surface area contributed by atoms with E-state index in [1.54, 1.807) is 12.1 Å². The van der Waals surface area contributed by atoms with Crippen molar-refractivity contribution in [3.8, 4) is 6.07 Å². The van der Waals surface area contributed by atoms with E-state index in [4.69, 9.17) is 5.26 Å². The number of nitrogens with one attached hydrogen (secondary N) is 1. The van der Waals surface area contributed by atoms with Crippen LogP contribution in [0.2, 0.25) is 19.6 Å². The first-order valence-corrected chi connectivity index (χ1v) is 12.9. The van der Waals surface area contributed by atoms with Gasteiger partial charge in [0.25, 0.3) is 5.91 Å². The number of carboxylic acid groups (broad SMARTS) is 1. The Morgan fingerprint density at radius 1 is 1.20 bits per heavy atom. The normalized spacial score (nSPS) is 15.9. The largest absolute Gasteiger partial charge is 0.465 e. The van der Waals surface area contributed by atoms with Crippen molar-refractivity contribution in [2.24, 2.45) is 0 Å². The maximum atomic E-state index is 14.5. The zero-order chi connectivity index (χ0) is 22.2. The third-order valence-corrected chi connectivity index (χ3v) is 7.03. The third kappa shape index (κ3) is 4.04. The monoisotopic (exact) mass is 429 g/mol. The summed E-state index contributed by atoms with van der Waals surface area (Å²) >= 11 is 0. The maximum absolute atomic E-state index is 14.5. The summed E-state index contributed by atoms with van der Waals surface area (Å²) in [4.78, 5) is 25.7. The summed E-state index contributed by atoms with van der Waals surface area (Å²) in [6.45, 7) is 5.50. The Hall–Kier alpha value is -3.25. The average molecular weight is 429 g/mol. The fourth-order valence-electron chi connectivity index (χ4n) is 3.76. The number of nitriles is 1. The molecule has 1 heterocycles. The van der Waals surface area contributed by atoms with Crippen LogP contribution in [-0.4, -0.2) is 36.6 Å². The molecule has 0 bridgehead atoms. The molecule has 156 valence electrons. The van der Waals surface area contributed by atoms with Gasteiger partial charge in [-0.3, -0.25) is 9.69 Å². The summed E-state index contributed by atoms with van der Waals surface area (Å²) in [5.74, 6) is -2.19. The molecule has 9 heteroatoms. The van der Waals surface area contributed by atoms with E-state index < -0.39 is 37.8 Å². The number of hydrogen-bond acceptors (Lipinski definition) is 3. The van der Waals surface area contributed by atoms with Gasteiger partial charge in [0, 0.05) is 17.4 Å². The van der Waals surface area contributed by atoms with Crippen LogP contribution in [0.3, 0.4) is 0 Å². The minimum atomic E-state index is -2.27. The van der Waals surface area contributed by atoms with Crippen molar-refractivity contribution in [2.75, 3.05) is 11.9 Å². The molecular weight excluding hydrogens is 408 g/mol. The van der Waals surface area contributed by atoms with Crippen LogP contribution < -0.4 is 10.5 Å². The quantitative estimate of drug-likeness (QED) is 0.729. The number of nitrogens with zero attached hydrogens (tertiary/aromatic N) is 2. The molecule has 6 nitrogen and oxygen atoms in total. The highest BCUT2D eigenvalue weighted by Crippen LogP contribution is 2.32. The van der Waals surface area contributed by atoms with E-state index in [0.717, 1.165) is 17.0 Å². The van der Waals surface area contributed by atoms with E-state index in [-0.39, 0.29) is 17.4 Å². The highest BCUT2D eigenvalue weighted by atomic mass is 28.3. The van der Waals surface area contributed by atoms with Crippen LogP contribution in [0.5, 0.6) is 0 Å². The lowest BCUT2D eigenvalue weighted by atomic mass is 9.91. The van der Waals surface area contributed by atoms with Crippen molar-refractivity contribution in [1.29, 1.82) is 5.26 Å². The second-order valence-electron chi connectivity index (χ2n) is 8.21. The minimum Gasteiger partial charge on any atom is -0.465 e. The fraction of sp³-hybridized carbons (Fsp3) is 0.286. The SMILES string of the molecule is C[Si](C)(C)c1c(F)cc(NC(=O)[C@@H]2c3ccc(C#N)cc3CCN2C(=O)O)cc1F. The fourth-order valence-corrected chi connectivity index (χ4v) is 5.34. The highest BCUT2D eigenvalue weighted by Gasteiger charge is 2.36. The second kappa shape index (κ2) is 7.87. The number of benzene rings is 2. The molecule has 2 amide bonds. The Morgan fingerprint density at radius 2 is 1.83 bits per heavy atom. The molecule has 1 aliphatic heterocycles. The van der Waals surface area contributed by atoms with Gasteiger partial charge in [0.2, 0.25) is 0 Å². The van der Waals surface area contributed by atoms with Crippen LogP contribution in [0.25, 0.3) is 0 Å². The molecule has 0 spiro atoms. The first-order chi connectivity index (χ1) is 14.0. The Kier molecular flexibility index (Phi) is 5.63. The number of amides is 2. The lowest BCUT2D eigenvalue weighted by Gasteiger charge is -2.34. The molecule has 1 aliphatic rings. The first kappa shape index (κ1) is 21.5. The summed E-state index contributed by atoms with van der Waals surface area (Å²) in [6, 6.07) is 7.61. The zero-order valence-electron chi connectivity index (χ0n) is 16.8. The second-order valence-corrected chi connectivity index (χ2v) is 13.2. The summed E-state index contributed by atoms with van der Waals surface area (Å²) in [5.41, 5.74) is 1.46. The van der Waals surface area contributed by atoms with Gasteiger partial charge in [-0.2, -0.15) is 5.26 Å². The summed E-state index contributed by atoms with van der Waals surface area (Å²) < 4.78 is 29.1. The molecule has 2 aromatic carbocycles. The molecule has 30 heavy (non-hydrogen) atoms. The molecule has 0 saturated carbocycles. The van der Waals surface area contributed by atoms with Crippen LogP contribution in [0.1, 0.15) is 22.7 Å². The molecule has 0 fully saturated rings. The Morgan fingerprint density at radius 3 is 2.37 bits per heavy atom. The number of hydrogen-bond donors (Lipinski definition) is 2. The molecule has 0 unspecified atom stereocenters. The summed E-state index contributed by atoms with van der Waals surface area (Å²) in [6.07, 6.45) is -0.925. The van der Waals surface area contributed by atoms with Crippen LogP contribution in [-0.2, 0) is 11.2 Å². The molecule has 3 rings (SSSR count). The van der Waals surface area contributed by atoms with E-state index in [2.05, 4.69) is 5.32 Å². The van der Waals surface area contributed by atoms with Gasteiger partial charge in [-0.15, -0.1) is 0 Å². The van der Waals surface area contributed by atoms with Crippen molar-refractivity contribution in [1.82, 2.24) is 4.90 Å². The molecule has 0 saturated heterocycles. The van der Waals surface area contributed by atoms with Gasteiger partial charge in [0.1, 0.15) is 17.7 Å². The van der Waals surface area contributed by atoms with Crippen molar-refractivity contribution in [3.05, 3.63) is 58.7 Å². The lowest BCUT2D eigenvalue weighted by Crippen LogP contribution is -2.45. The molecule has 2 aromatic rings. The van der Waals surface area contributed by atoms with Gasteiger partial charge >= 0.3 is 6.09 Å². The van der Waals surface area contributed by atoms with Crippen molar-refractivity contribution < 1.29 is 23.5 Å². The maximum Gasteiger partial charge on any atom is 0.408 e. The van der Waals surface area contributed by atoms with Crippen molar-refractivity contribution >= 4 is 30.9 Å². The number of halogens is 2. The van der Waals surface area contributed by atoms with Gasteiger partial charge in [0.15, 0.2) is 0 Å². The third-order valence-electron chi connectivity index (χ3n) is 5.05. The van der Waals surface area contributed by atoms with E-state index in [9.17, 15) is 23.5 Å². The zero-order valence-corrected chi connectivity index (χ0v) is 17.8. The Labute approximate surface area is 173 Å². The number of anilines is 1. The number of fused-ring (bicyclic) bond motifs is 1. The lowest BCUT2D eigenvalue weighted by molar-refractivity contribution is -0.121. The van der Waals surface area contributed by atoms with Gasteiger partial charge in [0.05, 0.1) is 19.7 Å². The molecule has 1 atom stereocenters. The van der Waals surface area contributed by atoms with E-state index >= 15 is 0 Å². The molecule has 0 aromatic heterocycles. The van der Waals surface area contributed by atoms with Gasteiger partial charge < -0.3 is 10.4 Å². The van der Waals surface area contributed by atoms with Crippen molar-refractivity contribution in [3.63, 3.8) is 0 Å². The number of rotatable bonds is 3. The molecule has 2 N–H and O–H groups in total. The van der Waals surface area contributed by atoms with Gasteiger partial charge in [-0.1, -0.05) is 25.7 Å². The first-order valence-electron chi connectivity index (χ1n) is 9.36. The van der Waals surface area contributed by atoms with Crippen LogP contribution in [0.15, 0.2) is 30.3 Å². The topological polar surface area (TPSA) is 93.4 Å². The Balaban J connectivity index is 1.97. The van der Waals surface area contributed by atoms with Gasteiger partial charge in [-0.05, 0) is 41.8 Å².